The van der Waals surface area contributed by atoms with Crippen LogP contribution in [0, 0.1) is 10.1 Å². The Bertz CT molecular complexity index is 594. The Balaban J connectivity index is 2.57. The fraction of sp³-hybridized carbons (Fsp3) is 0.625. The van der Waals surface area contributed by atoms with Gasteiger partial charge in [-0.3, -0.25) is 10.1 Å². The predicted molar refractivity (Wildman–Crippen MR) is 94.5 cm³/mol. The second-order valence-corrected chi connectivity index (χ2v) is 7.46. The minimum Gasteiger partial charge on any atom is -0.302 e. The van der Waals surface area contributed by atoms with Crippen LogP contribution in [0.25, 0.3) is 0 Å². The third kappa shape index (κ3) is 6.94. The van der Waals surface area contributed by atoms with Gasteiger partial charge in [0.2, 0.25) is 10.0 Å². The van der Waals surface area contributed by atoms with Crippen molar-refractivity contribution in [3.05, 3.63) is 34.4 Å². The first-order valence-electron chi connectivity index (χ1n) is 8.37. The number of unbranched alkanes of at least 4 members (excludes halogenated alkanes) is 2. The average Bonchev–Trinajstić information content (AvgIpc) is 2.56. The van der Waals surface area contributed by atoms with Crippen molar-refractivity contribution < 1.29 is 13.3 Å². The number of benzene rings is 1. The molecule has 0 amide bonds. The molecule has 1 N–H and O–H groups in total. The van der Waals surface area contributed by atoms with Crippen LogP contribution in [0.3, 0.4) is 0 Å². The van der Waals surface area contributed by atoms with E-state index in [9.17, 15) is 18.5 Å². The molecule has 0 aliphatic heterocycles. The summed E-state index contributed by atoms with van der Waals surface area (Å²) in [7, 11) is -3.64. The Kier molecular flexibility index (Phi) is 8.88. The molecule has 7 nitrogen and oxygen atoms in total. The molecule has 1 rings (SSSR count). The standard InChI is InChI=1S/C16H27N3O4S/c1-3-5-12-18(13-6-4-2)14-11-17-24(22,23)16-9-7-15(8-10-16)19(20)21/h7-10,17H,3-6,11-14H2,1-2H3. The molecule has 0 atom stereocenters. The van der Waals surface area contributed by atoms with Crippen LogP contribution < -0.4 is 4.72 Å². The minimum atomic E-state index is -3.64. The van der Waals surface area contributed by atoms with Crippen molar-refractivity contribution >= 4 is 15.7 Å². The van der Waals surface area contributed by atoms with Gasteiger partial charge < -0.3 is 4.90 Å². The molecule has 0 aromatic heterocycles. The van der Waals surface area contributed by atoms with Crippen molar-refractivity contribution in [1.82, 2.24) is 9.62 Å². The van der Waals surface area contributed by atoms with Crippen LogP contribution in [-0.4, -0.2) is 44.4 Å². The number of nitrogens with one attached hydrogen (secondary N) is 1. The Hall–Kier alpha value is -1.51. The fourth-order valence-corrected chi connectivity index (χ4v) is 3.29. The van der Waals surface area contributed by atoms with Gasteiger partial charge >= 0.3 is 0 Å². The molecule has 0 spiro atoms. The van der Waals surface area contributed by atoms with E-state index in [4.69, 9.17) is 0 Å². The lowest BCUT2D eigenvalue weighted by atomic mass is 10.2. The molecule has 0 saturated carbocycles. The normalized spacial score (nSPS) is 11.8. The van der Waals surface area contributed by atoms with Crippen molar-refractivity contribution in [2.45, 2.75) is 44.4 Å². The molecule has 1 aromatic rings. The van der Waals surface area contributed by atoms with Gasteiger partial charge in [-0.15, -0.1) is 0 Å². The van der Waals surface area contributed by atoms with Crippen LogP contribution in [0.4, 0.5) is 5.69 Å². The van der Waals surface area contributed by atoms with Crippen LogP contribution in [0.2, 0.25) is 0 Å². The summed E-state index contributed by atoms with van der Waals surface area (Å²) in [5.41, 5.74) is -0.126. The number of hydrogen-bond acceptors (Lipinski definition) is 5. The van der Waals surface area contributed by atoms with Gasteiger partial charge in [-0.25, -0.2) is 13.1 Å². The van der Waals surface area contributed by atoms with E-state index in [1.165, 1.54) is 24.3 Å². The topological polar surface area (TPSA) is 92.6 Å². The largest absolute Gasteiger partial charge is 0.302 e. The summed E-state index contributed by atoms with van der Waals surface area (Å²) in [5.74, 6) is 0. The van der Waals surface area contributed by atoms with Gasteiger partial charge in [0.15, 0.2) is 0 Å². The van der Waals surface area contributed by atoms with Crippen molar-refractivity contribution in [2.75, 3.05) is 26.2 Å². The summed E-state index contributed by atoms with van der Waals surface area (Å²) in [4.78, 5) is 12.4. The third-order valence-electron chi connectivity index (χ3n) is 3.73. The maximum absolute atomic E-state index is 12.2. The number of hydrogen-bond donors (Lipinski definition) is 1. The van der Waals surface area contributed by atoms with Crippen LogP contribution in [0.5, 0.6) is 0 Å². The number of sulfonamides is 1. The van der Waals surface area contributed by atoms with Gasteiger partial charge in [0.05, 0.1) is 9.82 Å². The molecular weight excluding hydrogens is 330 g/mol. The van der Waals surface area contributed by atoms with Crippen LogP contribution in [-0.2, 0) is 10.0 Å². The number of non-ortho nitro benzene ring substituents is 1. The van der Waals surface area contributed by atoms with Crippen molar-refractivity contribution in [1.29, 1.82) is 0 Å². The number of nitro groups is 1. The summed E-state index contributed by atoms with van der Waals surface area (Å²) in [6.07, 6.45) is 4.41. The smallest absolute Gasteiger partial charge is 0.269 e. The first kappa shape index (κ1) is 20.5. The van der Waals surface area contributed by atoms with Gasteiger partial charge in [-0.1, -0.05) is 26.7 Å². The minimum absolute atomic E-state index is 0.0433. The molecule has 0 fully saturated rings. The molecule has 1 aromatic carbocycles. The SMILES string of the molecule is CCCCN(CCCC)CCNS(=O)(=O)c1ccc([N+](=O)[O-])cc1. The fourth-order valence-electron chi connectivity index (χ4n) is 2.27. The van der Waals surface area contributed by atoms with E-state index in [0.717, 1.165) is 38.8 Å². The highest BCUT2D eigenvalue weighted by Gasteiger charge is 2.16. The van der Waals surface area contributed by atoms with Crippen LogP contribution in [0.15, 0.2) is 29.2 Å². The first-order valence-corrected chi connectivity index (χ1v) is 9.85. The summed E-state index contributed by atoms with van der Waals surface area (Å²) < 4.78 is 27.0. The molecule has 24 heavy (non-hydrogen) atoms. The van der Waals surface area contributed by atoms with E-state index >= 15 is 0 Å². The van der Waals surface area contributed by atoms with Crippen LogP contribution in [0.1, 0.15) is 39.5 Å². The van der Waals surface area contributed by atoms with Crippen molar-refractivity contribution in [2.24, 2.45) is 0 Å². The van der Waals surface area contributed by atoms with Gasteiger partial charge in [-0.05, 0) is 38.1 Å². The lowest BCUT2D eigenvalue weighted by Crippen LogP contribution is -2.36. The molecule has 0 radical (unpaired) electrons. The Morgan fingerprint density at radius 2 is 1.58 bits per heavy atom. The molecule has 0 heterocycles. The van der Waals surface area contributed by atoms with E-state index in [1.54, 1.807) is 0 Å². The van der Waals surface area contributed by atoms with Crippen LogP contribution >= 0.6 is 0 Å². The van der Waals surface area contributed by atoms with E-state index in [0.29, 0.717) is 13.1 Å². The summed E-state index contributed by atoms with van der Waals surface area (Å²) in [6, 6.07) is 4.91. The molecule has 0 bridgehead atoms. The third-order valence-corrected chi connectivity index (χ3v) is 5.21. The second kappa shape index (κ2) is 10.4. The number of nitro benzene ring substituents is 1. The zero-order valence-corrected chi connectivity index (χ0v) is 15.2. The monoisotopic (exact) mass is 357 g/mol. The molecule has 0 aliphatic carbocycles. The maximum atomic E-state index is 12.2. The van der Waals surface area contributed by atoms with E-state index in [1.807, 2.05) is 0 Å². The van der Waals surface area contributed by atoms with Crippen molar-refractivity contribution in [3.63, 3.8) is 0 Å². The van der Waals surface area contributed by atoms with E-state index < -0.39 is 14.9 Å². The lowest BCUT2D eigenvalue weighted by Gasteiger charge is -2.22. The highest BCUT2D eigenvalue weighted by atomic mass is 32.2. The predicted octanol–water partition coefficient (Wildman–Crippen LogP) is 2.78. The van der Waals surface area contributed by atoms with E-state index in [2.05, 4.69) is 23.5 Å². The Morgan fingerprint density at radius 3 is 2.04 bits per heavy atom. The first-order chi connectivity index (χ1) is 11.4. The number of nitrogens with zero attached hydrogens (tertiary/aromatic N) is 2. The second-order valence-electron chi connectivity index (χ2n) is 5.70. The van der Waals surface area contributed by atoms with E-state index in [-0.39, 0.29) is 10.6 Å². The summed E-state index contributed by atoms with van der Waals surface area (Å²) in [5, 5.41) is 10.6. The summed E-state index contributed by atoms with van der Waals surface area (Å²) >= 11 is 0. The lowest BCUT2D eigenvalue weighted by molar-refractivity contribution is -0.384. The van der Waals surface area contributed by atoms with Gasteiger partial charge in [-0.2, -0.15) is 0 Å². The van der Waals surface area contributed by atoms with Gasteiger partial charge in [0.25, 0.3) is 5.69 Å². The zero-order valence-electron chi connectivity index (χ0n) is 14.4. The Labute approximate surface area is 144 Å². The Morgan fingerprint density at radius 1 is 1.04 bits per heavy atom. The zero-order chi connectivity index (χ0) is 18.0. The number of rotatable bonds is 12. The summed E-state index contributed by atoms with van der Waals surface area (Å²) in [6.45, 7) is 7.19. The van der Waals surface area contributed by atoms with Gasteiger partial charge in [0.1, 0.15) is 0 Å². The molecule has 0 saturated heterocycles. The average molecular weight is 357 g/mol. The molecular formula is C16H27N3O4S. The highest BCUT2D eigenvalue weighted by Crippen LogP contribution is 2.15. The van der Waals surface area contributed by atoms with Gasteiger partial charge in [0, 0.05) is 25.2 Å². The quantitative estimate of drug-likeness (QED) is 0.459. The maximum Gasteiger partial charge on any atom is 0.269 e. The van der Waals surface area contributed by atoms with Crippen molar-refractivity contribution in [3.8, 4) is 0 Å². The molecule has 8 heteroatoms. The highest BCUT2D eigenvalue weighted by molar-refractivity contribution is 7.89. The molecule has 0 aliphatic rings. The molecule has 0 unspecified atom stereocenters. The molecule has 136 valence electrons.